The Balaban J connectivity index is 3.31. The summed E-state index contributed by atoms with van der Waals surface area (Å²) in [6.07, 6.45) is 1.94. The van der Waals surface area contributed by atoms with Crippen molar-refractivity contribution in [2.24, 2.45) is 0 Å². The summed E-state index contributed by atoms with van der Waals surface area (Å²) < 4.78 is 0.805. The van der Waals surface area contributed by atoms with Crippen LogP contribution in [-0.2, 0) is 12.3 Å². The molecule has 1 rings (SSSR count). The molecule has 0 bridgehead atoms. The number of alkyl halides is 1. The minimum Gasteiger partial charge on any atom is -0.121 e. The zero-order valence-electron chi connectivity index (χ0n) is 7.71. The van der Waals surface area contributed by atoms with Crippen molar-refractivity contribution >= 4 is 50.7 Å². The maximum absolute atomic E-state index is 6.12. The van der Waals surface area contributed by atoms with Crippen LogP contribution in [0.15, 0.2) is 10.5 Å². The lowest BCUT2D eigenvalue weighted by Gasteiger charge is -2.12. The van der Waals surface area contributed by atoms with Crippen molar-refractivity contribution in [3.63, 3.8) is 0 Å². The van der Waals surface area contributed by atoms with E-state index in [-0.39, 0.29) is 0 Å². The molecule has 0 saturated heterocycles. The summed E-state index contributed by atoms with van der Waals surface area (Å²) in [7, 11) is 0. The second kappa shape index (κ2) is 5.60. The van der Waals surface area contributed by atoms with Crippen LogP contribution in [0.1, 0.15) is 24.5 Å². The Hall–Kier alpha value is 0.570. The monoisotopic (exact) mass is 314 g/mol. The first-order valence-corrected chi connectivity index (χ1v) is 6.41. The summed E-state index contributed by atoms with van der Waals surface area (Å²) in [5.41, 5.74) is 2.01. The van der Waals surface area contributed by atoms with E-state index in [2.05, 4.69) is 22.9 Å². The van der Waals surface area contributed by atoms with Gasteiger partial charge in [0.25, 0.3) is 0 Å². The maximum atomic E-state index is 6.12. The molecule has 0 nitrogen and oxygen atoms in total. The minimum atomic E-state index is 0.396. The van der Waals surface area contributed by atoms with Crippen LogP contribution in [-0.4, -0.2) is 0 Å². The Labute approximate surface area is 108 Å². The highest BCUT2D eigenvalue weighted by Gasteiger charge is 2.13. The van der Waals surface area contributed by atoms with Gasteiger partial charge in [-0.15, -0.1) is 11.6 Å². The van der Waals surface area contributed by atoms with Gasteiger partial charge < -0.3 is 0 Å². The van der Waals surface area contributed by atoms with Crippen molar-refractivity contribution in [3.8, 4) is 0 Å². The molecule has 14 heavy (non-hydrogen) atoms. The van der Waals surface area contributed by atoms with Crippen LogP contribution >= 0.6 is 50.7 Å². The second-order valence-electron chi connectivity index (χ2n) is 2.99. The van der Waals surface area contributed by atoms with Crippen LogP contribution in [0.25, 0.3) is 0 Å². The predicted octanol–water partition coefficient (Wildman–Crippen LogP) is 5.45. The molecule has 0 aliphatic carbocycles. The highest BCUT2D eigenvalue weighted by atomic mass is 79.9. The second-order valence-corrected chi connectivity index (χ2v) is 4.90. The van der Waals surface area contributed by atoms with Crippen LogP contribution in [0, 0.1) is 0 Å². The SMILES string of the molecule is CCCc1c(Cl)cc(Br)c(Cl)c1CCl. The van der Waals surface area contributed by atoms with E-state index in [4.69, 9.17) is 34.8 Å². The number of hydrogen-bond donors (Lipinski definition) is 0. The van der Waals surface area contributed by atoms with Gasteiger partial charge in [-0.05, 0) is 39.5 Å². The first-order chi connectivity index (χ1) is 6.61. The molecule has 0 amide bonds. The predicted molar refractivity (Wildman–Crippen MR) is 67.7 cm³/mol. The molecule has 0 unspecified atom stereocenters. The molecule has 0 spiro atoms. The molecule has 0 N–H and O–H groups in total. The highest BCUT2D eigenvalue weighted by molar-refractivity contribution is 9.10. The van der Waals surface area contributed by atoms with Crippen molar-refractivity contribution in [2.45, 2.75) is 25.6 Å². The van der Waals surface area contributed by atoms with Crippen LogP contribution in [0.2, 0.25) is 10.0 Å². The van der Waals surface area contributed by atoms with E-state index in [1.54, 1.807) is 0 Å². The maximum Gasteiger partial charge on any atom is 0.0595 e. The van der Waals surface area contributed by atoms with Gasteiger partial charge in [0.15, 0.2) is 0 Å². The van der Waals surface area contributed by atoms with Gasteiger partial charge in [0, 0.05) is 15.4 Å². The van der Waals surface area contributed by atoms with Gasteiger partial charge in [0.1, 0.15) is 0 Å². The van der Waals surface area contributed by atoms with Gasteiger partial charge in [-0.2, -0.15) is 0 Å². The number of hydrogen-bond acceptors (Lipinski definition) is 0. The average Bonchev–Trinajstić information content (AvgIpc) is 2.15. The van der Waals surface area contributed by atoms with Gasteiger partial charge in [0.05, 0.1) is 5.02 Å². The summed E-state index contributed by atoms with van der Waals surface area (Å²) in [4.78, 5) is 0. The topological polar surface area (TPSA) is 0 Å². The molecule has 0 atom stereocenters. The molecule has 0 aromatic heterocycles. The summed E-state index contributed by atoms with van der Waals surface area (Å²) in [6, 6.07) is 1.82. The average molecular weight is 316 g/mol. The summed E-state index contributed by atoms with van der Waals surface area (Å²) >= 11 is 21.4. The van der Waals surface area contributed by atoms with Crippen LogP contribution < -0.4 is 0 Å². The molecule has 0 aliphatic heterocycles. The first-order valence-electron chi connectivity index (χ1n) is 4.33. The molecule has 0 aliphatic rings. The lowest BCUT2D eigenvalue weighted by molar-refractivity contribution is 0.910. The van der Waals surface area contributed by atoms with Gasteiger partial charge >= 0.3 is 0 Å². The third-order valence-electron chi connectivity index (χ3n) is 2.01. The third-order valence-corrected chi connectivity index (χ3v) is 3.90. The smallest absolute Gasteiger partial charge is 0.0595 e. The quantitative estimate of drug-likeness (QED) is 0.514. The first kappa shape index (κ1) is 12.6. The highest BCUT2D eigenvalue weighted by Crippen LogP contribution is 2.35. The minimum absolute atomic E-state index is 0.396. The molecule has 0 saturated carbocycles. The van der Waals surface area contributed by atoms with Crippen molar-refractivity contribution in [3.05, 3.63) is 31.7 Å². The van der Waals surface area contributed by atoms with E-state index < -0.39 is 0 Å². The van der Waals surface area contributed by atoms with E-state index in [1.807, 2.05) is 6.07 Å². The van der Waals surface area contributed by atoms with E-state index >= 15 is 0 Å². The zero-order valence-corrected chi connectivity index (χ0v) is 11.6. The molecular weight excluding hydrogens is 306 g/mol. The standard InChI is InChI=1S/C10H10BrCl3/c1-2-3-6-7(5-12)10(14)8(11)4-9(6)13/h4H,2-3,5H2,1H3. The molecule has 1 aromatic rings. The molecule has 4 heteroatoms. The van der Waals surface area contributed by atoms with Crippen LogP contribution in [0.3, 0.4) is 0 Å². The van der Waals surface area contributed by atoms with E-state index in [0.717, 1.165) is 33.5 Å². The summed E-state index contributed by atoms with van der Waals surface area (Å²) in [6.45, 7) is 2.10. The van der Waals surface area contributed by atoms with Crippen LogP contribution in [0.5, 0.6) is 0 Å². The molecule has 0 fully saturated rings. The molecule has 78 valence electrons. The Kier molecular flexibility index (Phi) is 5.05. The largest absolute Gasteiger partial charge is 0.121 e. The Morgan fingerprint density at radius 3 is 2.43 bits per heavy atom. The third kappa shape index (κ3) is 2.57. The van der Waals surface area contributed by atoms with Gasteiger partial charge in [-0.1, -0.05) is 36.5 Å². The fourth-order valence-corrected chi connectivity index (χ4v) is 2.86. The lowest BCUT2D eigenvalue weighted by Crippen LogP contribution is -1.95. The lowest BCUT2D eigenvalue weighted by atomic mass is 10.0. The zero-order chi connectivity index (χ0) is 10.7. The van der Waals surface area contributed by atoms with Crippen molar-refractivity contribution in [1.29, 1.82) is 0 Å². The number of halogens is 4. The Morgan fingerprint density at radius 1 is 1.29 bits per heavy atom. The summed E-state index contributed by atoms with van der Waals surface area (Å²) in [5.74, 6) is 0.396. The molecule has 0 radical (unpaired) electrons. The molecular formula is C10H10BrCl3. The van der Waals surface area contributed by atoms with E-state index in [0.29, 0.717) is 10.9 Å². The molecule has 1 aromatic carbocycles. The van der Waals surface area contributed by atoms with Gasteiger partial charge in [-0.25, -0.2) is 0 Å². The van der Waals surface area contributed by atoms with Crippen LogP contribution in [0.4, 0.5) is 0 Å². The van der Waals surface area contributed by atoms with Gasteiger partial charge in [0.2, 0.25) is 0 Å². The number of benzene rings is 1. The Bertz CT molecular complexity index is 337. The van der Waals surface area contributed by atoms with E-state index in [9.17, 15) is 0 Å². The van der Waals surface area contributed by atoms with Crippen molar-refractivity contribution in [1.82, 2.24) is 0 Å². The Morgan fingerprint density at radius 2 is 1.93 bits per heavy atom. The number of rotatable bonds is 3. The van der Waals surface area contributed by atoms with Crippen molar-refractivity contribution in [2.75, 3.05) is 0 Å². The van der Waals surface area contributed by atoms with E-state index in [1.165, 1.54) is 0 Å². The fourth-order valence-electron chi connectivity index (χ4n) is 1.34. The fraction of sp³-hybridized carbons (Fsp3) is 0.400. The molecule has 0 heterocycles. The van der Waals surface area contributed by atoms with Gasteiger partial charge in [-0.3, -0.25) is 0 Å². The van der Waals surface area contributed by atoms with Crippen molar-refractivity contribution < 1.29 is 0 Å². The summed E-state index contributed by atoms with van der Waals surface area (Å²) in [5, 5.41) is 1.41. The normalized spacial score (nSPS) is 10.6.